The predicted molar refractivity (Wildman–Crippen MR) is 229 cm³/mol. The maximum atomic E-state index is 11.4. The van der Waals surface area contributed by atoms with E-state index in [-0.39, 0.29) is 26.6 Å². The molecule has 0 saturated heterocycles. The van der Waals surface area contributed by atoms with Crippen LogP contribution in [0.15, 0.2) is 60.7 Å². The zero-order chi connectivity index (χ0) is 39.1. The van der Waals surface area contributed by atoms with Crippen LogP contribution < -0.4 is 0 Å². The van der Waals surface area contributed by atoms with Crippen LogP contribution in [0.1, 0.15) is 88.6 Å². The molecule has 0 fully saturated rings. The fourth-order valence-corrected chi connectivity index (χ4v) is 8.48. The van der Waals surface area contributed by atoms with Gasteiger partial charge in [0.1, 0.15) is 0 Å². The molecule has 0 radical (unpaired) electrons. The molecule has 54 heavy (non-hydrogen) atoms. The van der Waals surface area contributed by atoms with E-state index in [9.17, 15) is 10.1 Å². The number of hydrogen-bond donors (Lipinski definition) is 2. The van der Waals surface area contributed by atoms with Crippen molar-refractivity contribution in [3.05, 3.63) is 99.1 Å². The highest BCUT2D eigenvalue weighted by Crippen LogP contribution is 2.40. The van der Waals surface area contributed by atoms with Crippen LogP contribution in [-0.2, 0) is 8.85 Å². The Labute approximate surface area is 321 Å². The molecule has 9 nitrogen and oxygen atoms in total. The SMILES string of the molecule is CC(C)(C)[Si](C)(C)OCCC(CCO[Si](C)(C)C(C)(C)C)c1c2nc(cc3ccc([nH]3)c(-c3ccc([N+](=O)[O-])cc3)c3ccc(cc4nc1C=C4)[nH]3)C=C2. The molecular weight excluding hydrogens is 707 g/mol. The summed E-state index contributed by atoms with van der Waals surface area (Å²) >= 11 is 0. The van der Waals surface area contributed by atoms with E-state index in [1.165, 1.54) is 0 Å². The number of benzene rings is 1. The highest BCUT2D eigenvalue weighted by atomic mass is 28.4. The molecule has 1 aromatic carbocycles. The van der Waals surface area contributed by atoms with Crippen molar-refractivity contribution in [2.75, 3.05) is 13.2 Å². The Hall–Kier alpha value is -4.43. The topological polar surface area (TPSA) is 119 Å². The molecule has 2 N–H and O–H groups in total. The lowest BCUT2D eigenvalue weighted by Gasteiger charge is -2.37. The van der Waals surface area contributed by atoms with E-state index in [0.29, 0.717) is 13.2 Å². The minimum atomic E-state index is -1.96. The smallest absolute Gasteiger partial charge is 0.269 e. The van der Waals surface area contributed by atoms with Gasteiger partial charge >= 0.3 is 0 Å². The number of nitro benzene ring substituents is 1. The third-order valence-corrected chi connectivity index (χ3v) is 20.8. The van der Waals surface area contributed by atoms with Gasteiger partial charge in [0.15, 0.2) is 16.6 Å². The first-order valence-corrected chi connectivity index (χ1v) is 24.8. The minimum absolute atomic E-state index is 0.0504. The molecule has 0 spiro atoms. The van der Waals surface area contributed by atoms with Gasteiger partial charge in [0, 0.05) is 58.5 Å². The Bertz CT molecular complexity index is 2130. The summed E-state index contributed by atoms with van der Waals surface area (Å²) < 4.78 is 13.5. The fourth-order valence-electron chi connectivity index (χ4n) is 6.35. The first-order valence-electron chi connectivity index (χ1n) is 18.9. The summed E-state index contributed by atoms with van der Waals surface area (Å²) in [5.41, 5.74) is 10.00. The second kappa shape index (κ2) is 15.0. The summed E-state index contributed by atoms with van der Waals surface area (Å²) in [5.74, 6) is 0.108. The van der Waals surface area contributed by atoms with Crippen LogP contribution in [0.4, 0.5) is 5.69 Å². The van der Waals surface area contributed by atoms with Crippen LogP contribution in [0, 0.1) is 10.1 Å². The predicted octanol–water partition coefficient (Wildman–Crippen LogP) is 12.1. The van der Waals surface area contributed by atoms with Gasteiger partial charge in [0.2, 0.25) is 0 Å². The largest absolute Gasteiger partial charge is 0.417 e. The summed E-state index contributed by atoms with van der Waals surface area (Å²) in [7, 11) is -3.92. The number of hydrogen-bond acceptors (Lipinski definition) is 6. The highest BCUT2D eigenvalue weighted by molar-refractivity contribution is 6.74. The second-order valence-corrected chi connectivity index (χ2v) is 27.2. The van der Waals surface area contributed by atoms with E-state index in [4.69, 9.17) is 18.8 Å². The zero-order valence-corrected chi connectivity index (χ0v) is 35.5. The van der Waals surface area contributed by atoms with Crippen molar-refractivity contribution in [3.63, 3.8) is 0 Å². The normalized spacial score (nSPS) is 13.6. The van der Waals surface area contributed by atoms with Gasteiger partial charge in [0.25, 0.3) is 5.69 Å². The number of aromatic nitrogens is 4. The summed E-state index contributed by atoms with van der Waals surface area (Å²) in [4.78, 5) is 28.6. The lowest BCUT2D eigenvalue weighted by Crippen LogP contribution is -2.41. The lowest BCUT2D eigenvalue weighted by atomic mass is 9.90. The molecule has 0 atom stereocenters. The number of H-pyrrole nitrogens is 2. The monoisotopic (exact) mass is 761 g/mol. The van der Waals surface area contributed by atoms with Crippen LogP contribution in [0.5, 0.6) is 0 Å². The molecule has 284 valence electrons. The van der Waals surface area contributed by atoms with Crippen LogP contribution in [0.25, 0.3) is 57.5 Å². The van der Waals surface area contributed by atoms with E-state index < -0.39 is 16.6 Å². The Morgan fingerprint density at radius 3 is 1.54 bits per heavy atom. The molecule has 3 aromatic heterocycles. The maximum absolute atomic E-state index is 11.4. The van der Waals surface area contributed by atoms with Gasteiger partial charge in [-0.25, -0.2) is 9.97 Å². The molecule has 0 unspecified atom stereocenters. The van der Waals surface area contributed by atoms with Gasteiger partial charge < -0.3 is 18.8 Å². The Balaban J connectivity index is 1.50. The Kier molecular flexibility index (Phi) is 10.9. The van der Waals surface area contributed by atoms with Gasteiger partial charge in [-0.2, -0.15) is 0 Å². The molecule has 2 aliphatic heterocycles. The number of nitro groups is 1. The van der Waals surface area contributed by atoms with Crippen molar-refractivity contribution in [2.45, 2.75) is 96.6 Å². The number of nitrogens with one attached hydrogen (secondary N) is 2. The standard InChI is InChI=1S/C43H55N5O4Si2/c1-42(2,3)53(7,8)51-25-23-30(24-26-52-54(9,10)43(4,5)6)41-38-21-15-33(46-38)27-31-13-19-36(44-31)40(29-11-17-35(18-12-29)48(49)50)37-20-14-32(45-37)28-34-16-22-39(41)47-34/h11-22,27-28,30,44-45H,23-26H2,1-10H3. The van der Waals surface area contributed by atoms with Gasteiger partial charge in [-0.3, -0.25) is 10.1 Å². The molecular formula is C43H55N5O4Si2. The number of aromatic amines is 2. The van der Waals surface area contributed by atoms with E-state index in [0.717, 1.165) is 74.4 Å². The van der Waals surface area contributed by atoms with Gasteiger partial charge in [0.05, 0.1) is 27.7 Å². The molecule has 0 aliphatic carbocycles. The molecule has 8 bridgehead atoms. The van der Waals surface area contributed by atoms with E-state index in [2.05, 4.69) is 114 Å². The summed E-state index contributed by atoms with van der Waals surface area (Å²) in [6.07, 6.45) is 10.0. The van der Waals surface area contributed by atoms with Gasteiger partial charge in [-0.15, -0.1) is 0 Å². The average Bonchev–Trinajstić information content (AvgIpc) is 3.91. The first-order chi connectivity index (χ1) is 25.3. The van der Waals surface area contributed by atoms with Crippen LogP contribution in [0.3, 0.4) is 0 Å². The summed E-state index contributed by atoms with van der Waals surface area (Å²) in [5, 5.41) is 11.6. The number of non-ortho nitro benzene ring substituents is 1. The summed E-state index contributed by atoms with van der Waals surface area (Å²) in [6, 6.07) is 18.9. The molecule has 4 aromatic rings. The Morgan fingerprint density at radius 1 is 0.685 bits per heavy atom. The molecule has 0 amide bonds. The van der Waals surface area contributed by atoms with E-state index >= 15 is 0 Å². The Morgan fingerprint density at radius 2 is 1.13 bits per heavy atom. The van der Waals surface area contributed by atoms with Crippen LogP contribution >= 0.6 is 0 Å². The third-order valence-electron chi connectivity index (χ3n) is 11.7. The van der Waals surface area contributed by atoms with Gasteiger partial charge in [-0.05, 0) is 133 Å². The second-order valence-electron chi connectivity index (χ2n) is 17.5. The average molecular weight is 762 g/mol. The molecule has 2 aliphatic rings. The van der Waals surface area contributed by atoms with Crippen molar-refractivity contribution < 1.29 is 13.8 Å². The van der Waals surface area contributed by atoms with Crippen LogP contribution in [-0.4, -0.2) is 54.7 Å². The molecule has 6 rings (SSSR count). The molecule has 0 saturated carbocycles. The fraction of sp³-hybridized carbons (Fsp3) is 0.395. The molecule has 11 heteroatoms. The van der Waals surface area contributed by atoms with Crippen molar-refractivity contribution in [1.29, 1.82) is 0 Å². The maximum Gasteiger partial charge on any atom is 0.269 e. The van der Waals surface area contributed by atoms with E-state index in [1.807, 2.05) is 24.3 Å². The van der Waals surface area contributed by atoms with Crippen molar-refractivity contribution in [3.8, 4) is 11.1 Å². The number of nitrogens with zero attached hydrogens (tertiary/aromatic N) is 3. The lowest BCUT2D eigenvalue weighted by molar-refractivity contribution is -0.384. The van der Waals surface area contributed by atoms with Crippen LogP contribution in [0.2, 0.25) is 36.3 Å². The minimum Gasteiger partial charge on any atom is -0.417 e. The molecule has 5 heterocycles. The first kappa shape index (κ1) is 39.3. The van der Waals surface area contributed by atoms with Gasteiger partial charge in [-0.1, -0.05) is 41.5 Å². The van der Waals surface area contributed by atoms with Crippen molar-refractivity contribution >= 4 is 68.7 Å². The van der Waals surface area contributed by atoms with Crippen molar-refractivity contribution in [2.24, 2.45) is 0 Å². The quantitative estimate of drug-likeness (QED) is 0.0771. The third kappa shape index (κ3) is 8.59. The number of fused-ring (bicyclic) bond motifs is 8. The number of rotatable bonds is 11. The van der Waals surface area contributed by atoms with Crippen molar-refractivity contribution in [1.82, 2.24) is 19.9 Å². The summed E-state index contributed by atoms with van der Waals surface area (Å²) in [6.45, 7) is 24.3. The zero-order valence-electron chi connectivity index (χ0n) is 33.5. The van der Waals surface area contributed by atoms with E-state index in [1.54, 1.807) is 24.3 Å². The highest BCUT2D eigenvalue weighted by Gasteiger charge is 2.38.